The predicted molar refractivity (Wildman–Crippen MR) is 87.4 cm³/mol. The van der Waals surface area contributed by atoms with Gasteiger partial charge >= 0.3 is 11.8 Å². The molecule has 1 aromatic heterocycles. The SMILES string of the molecule is Cn1cccc(NC(=O)C(=O)Nc2ccc3c(c2)CCC3)c1=O. The van der Waals surface area contributed by atoms with Gasteiger partial charge in [-0.2, -0.15) is 0 Å². The number of amides is 2. The standard InChI is InChI=1S/C17H17N3O3/c1-20-9-3-6-14(17(20)23)19-16(22)15(21)18-13-8-7-11-4-2-5-12(11)10-13/h3,6-10H,2,4-5H2,1H3,(H,18,21)(H,19,22). The van der Waals surface area contributed by atoms with Crippen LogP contribution in [0.5, 0.6) is 0 Å². The van der Waals surface area contributed by atoms with Gasteiger partial charge in [-0.1, -0.05) is 6.07 Å². The Labute approximate surface area is 133 Å². The molecule has 0 bridgehead atoms. The Morgan fingerprint density at radius 3 is 2.61 bits per heavy atom. The van der Waals surface area contributed by atoms with Crippen molar-refractivity contribution in [2.24, 2.45) is 7.05 Å². The van der Waals surface area contributed by atoms with Crippen molar-refractivity contribution in [3.8, 4) is 0 Å². The summed E-state index contributed by atoms with van der Waals surface area (Å²) in [5.41, 5.74) is 2.79. The van der Waals surface area contributed by atoms with E-state index in [0.29, 0.717) is 5.69 Å². The molecule has 1 heterocycles. The lowest BCUT2D eigenvalue weighted by Gasteiger charge is -2.08. The third-order valence-electron chi connectivity index (χ3n) is 3.93. The lowest BCUT2D eigenvalue weighted by molar-refractivity contribution is -0.133. The van der Waals surface area contributed by atoms with Gasteiger partial charge in [0.2, 0.25) is 0 Å². The number of rotatable bonds is 2. The summed E-state index contributed by atoms with van der Waals surface area (Å²) in [6, 6.07) is 8.74. The molecule has 0 unspecified atom stereocenters. The van der Waals surface area contributed by atoms with Gasteiger partial charge in [-0.15, -0.1) is 0 Å². The number of hydrogen-bond acceptors (Lipinski definition) is 3. The molecular weight excluding hydrogens is 294 g/mol. The number of benzene rings is 1. The smallest absolute Gasteiger partial charge is 0.314 e. The lowest BCUT2D eigenvalue weighted by atomic mass is 10.1. The number of pyridine rings is 1. The summed E-state index contributed by atoms with van der Waals surface area (Å²) in [6.07, 6.45) is 4.74. The molecule has 0 radical (unpaired) electrons. The third-order valence-corrected chi connectivity index (χ3v) is 3.93. The van der Waals surface area contributed by atoms with Gasteiger partial charge in [0.05, 0.1) is 0 Å². The minimum atomic E-state index is -0.867. The molecule has 2 amide bonds. The molecule has 1 aromatic carbocycles. The fourth-order valence-corrected chi connectivity index (χ4v) is 2.71. The Morgan fingerprint density at radius 2 is 1.78 bits per heavy atom. The number of carbonyl (C=O) groups is 2. The van der Waals surface area contributed by atoms with Gasteiger partial charge < -0.3 is 15.2 Å². The quantitative estimate of drug-likeness (QED) is 0.824. The fourth-order valence-electron chi connectivity index (χ4n) is 2.71. The van der Waals surface area contributed by atoms with Crippen LogP contribution in [0.2, 0.25) is 0 Å². The number of aromatic nitrogens is 1. The largest absolute Gasteiger partial charge is 0.318 e. The highest BCUT2D eigenvalue weighted by Crippen LogP contribution is 2.24. The molecule has 1 aliphatic rings. The van der Waals surface area contributed by atoms with Crippen LogP contribution in [0.1, 0.15) is 17.5 Å². The second kappa shape index (κ2) is 6.08. The van der Waals surface area contributed by atoms with Crippen LogP contribution in [0.4, 0.5) is 11.4 Å². The molecule has 1 aliphatic carbocycles. The first kappa shape index (κ1) is 15.0. The van der Waals surface area contributed by atoms with E-state index in [1.807, 2.05) is 12.1 Å². The summed E-state index contributed by atoms with van der Waals surface area (Å²) in [5, 5.41) is 4.90. The normalized spacial score (nSPS) is 12.6. The van der Waals surface area contributed by atoms with Crippen LogP contribution in [-0.4, -0.2) is 16.4 Å². The summed E-state index contributed by atoms with van der Waals surface area (Å²) in [6.45, 7) is 0. The van der Waals surface area contributed by atoms with E-state index in [2.05, 4.69) is 10.6 Å². The monoisotopic (exact) mass is 311 g/mol. The highest BCUT2D eigenvalue weighted by molar-refractivity contribution is 6.43. The molecule has 6 heteroatoms. The van der Waals surface area contributed by atoms with Crippen molar-refractivity contribution in [3.63, 3.8) is 0 Å². The maximum atomic E-state index is 12.0. The van der Waals surface area contributed by atoms with Crippen LogP contribution in [0.15, 0.2) is 41.3 Å². The van der Waals surface area contributed by atoms with Gasteiger partial charge in [-0.3, -0.25) is 14.4 Å². The van der Waals surface area contributed by atoms with Crippen LogP contribution < -0.4 is 16.2 Å². The summed E-state index contributed by atoms with van der Waals surface area (Å²) < 4.78 is 1.33. The van der Waals surface area contributed by atoms with E-state index in [-0.39, 0.29) is 11.2 Å². The van der Waals surface area contributed by atoms with Gasteiger partial charge in [0.1, 0.15) is 5.69 Å². The van der Waals surface area contributed by atoms with Crippen molar-refractivity contribution < 1.29 is 9.59 Å². The van der Waals surface area contributed by atoms with E-state index in [1.54, 1.807) is 25.4 Å². The highest BCUT2D eigenvalue weighted by Gasteiger charge is 2.17. The number of fused-ring (bicyclic) bond motifs is 1. The number of carbonyl (C=O) groups excluding carboxylic acids is 2. The first-order chi connectivity index (χ1) is 11.0. The van der Waals surface area contributed by atoms with Crippen molar-refractivity contribution >= 4 is 23.2 Å². The molecule has 0 saturated carbocycles. The topological polar surface area (TPSA) is 80.2 Å². The number of aryl methyl sites for hydroxylation is 3. The molecule has 118 valence electrons. The first-order valence-electron chi connectivity index (χ1n) is 7.44. The number of nitrogens with zero attached hydrogens (tertiary/aromatic N) is 1. The van der Waals surface area contributed by atoms with E-state index >= 15 is 0 Å². The van der Waals surface area contributed by atoms with Crippen LogP contribution in [0.25, 0.3) is 0 Å². The Morgan fingerprint density at radius 1 is 1.04 bits per heavy atom. The minimum Gasteiger partial charge on any atom is -0.318 e. The average Bonchev–Trinajstić information content (AvgIpc) is 2.99. The molecule has 2 N–H and O–H groups in total. The zero-order chi connectivity index (χ0) is 16.4. The summed E-state index contributed by atoms with van der Waals surface area (Å²) in [7, 11) is 1.57. The Balaban J connectivity index is 1.69. The maximum absolute atomic E-state index is 12.0. The van der Waals surface area contributed by atoms with Crippen LogP contribution in [-0.2, 0) is 29.5 Å². The second-order valence-corrected chi connectivity index (χ2v) is 5.58. The zero-order valence-corrected chi connectivity index (χ0v) is 12.8. The van der Waals surface area contributed by atoms with E-state index in [4.69, 9.17) is 0 Å². The molecule has 0 fully saturated rings. The van der Waals surface area contributed by atoms with E-state index < -0.39 is 11.8 Å². The Bertz CT molecular complexity index is 839. The highest BCUT2D eigenvalue weighted by atomic mass is 16.2. The summed E-state index contributed by atoms with van der Waals surface area (Å²) in [5.74, 6) is -1.66. The fraction of sp³-hybridized carbons (Fsp3) is 0.235. The van der Waals surface area contributed by atoms with Crippen LogP contribution >= 0.6 is 0 Å². The Hall–Kier alpha value is -2.89. The molecule has 0 saturated heterocycles. The van der Waals surface area contributed by atoms with Crippen molar-refractivity contribution in [2.75, 3.05) is 10.6 Å². The molecule has 2 aromatic rings. The number of hydrogen-bond donors (Lipinski definition) is 2. The third kappa shape index (κ3) is 3.15. The van der Waals surface area contributed by atoms with Crippen molar-refractivity contribution in [3.05, 3.63) is 58.0 Å². The summed E-state index contributed by atoms with van der Waals surface area (Å²) >= 11 is 0. The second-order valence-electron chi connectivity index (χ2n) is 5.58. The molecule has 23 heavy (non-hydrogen) atoms. The van der Waals surface area contributed by atoms with Crippen LogP contribution in [0, 0.1) is 0 Å². The zero-order valence-electron chi connectivity index (χ0n) is 12.8. The van der Waals surface area contributed by atoms with Gasteiger partial charge in [0, 0.05) is 18.9 Å². The van der Waals surface area contributed by atoms with Crippen molar-refractivity contribution in [1.29, 1.82) is 0 Å². The van der Waals surface area contributed by atoms with Crippen LogP contribution in [0.3, 0.4) is 0 Å². The summed E-state index contributed by atoms with van der Waals surface area (Å²) in [4.78, 5) is 35.8. The van der Waals surface area contributed by atoms with Gasteiger partial charge in [0.25, 0.3) is 5.56 Å². The van der Waals surface area contributed by atoms with Crippen molar-refractivity contribution in [2.45, 2.75) is 19.3 Å². The molecule has 3 rings (SSSR count). The van der Waals surface area contributed by atoms with Crippen molar-refractivity contribution in [1.82, 2.24) is 4.57 Å². The average molecular weight is 311 g/mol. The first-order valence-corrected chi connectivity index (χ1v) is 7.44. The van der Waals surface area contributed by atoms with Gasteiger partial charge in [0.15, 0.2) is 0 Å². The molecule has 0 atom stereocenters. The van der Waals surface area contributed by atoms with E-state index in [0.717, 1.165) is 19.3 Å². The molecular formula is C17H17N3O3. The molecule has 0 spiro atoms. The Kier molecular flexibility index (Phi) is 3.97. The van der Waals surface area contributed by atoms with E-state index in [9.17, 15) is 14.4 Å². The number of anilines is 2. The minimum absolute atomic E-state index is 0.0732. The van der Waals surface area contributed by atoms with Gasteiger partial charge in [-0.05, 0) is 54.7 Å². The van der Waals surface area contributed by atoms with Gasteiger partial charge in [-0.25, -0.2) is 0 Å². The molecule has 6 nitrogen and oxygen atoms in total. The number of nitrogens with one attached hydrogen (secondary N) is 2. The lowest BCUT2D eigenvalue weighted by Crippen LogP contribution is -2.32. The maximum Gasteiger partial charge on any atom is 0.314 e. The van der Waals surface area contributed by atoms with E-state index in [1.165, 1.54) is 21.8 Å². The predicted octanol–water partition coefficient (Wildman–Crippen LogP) is 1.45. The molecule has 0 aliphatic heterocycles.